The molecule has 2 aromatic rings. The minimum Gasteiger partial charge on any atom is -0.478 e. The summed E-state index contributed by atoms with van der Waals surface area (Å²) in [6.07, 6.45) is -3.21. The molecule has 2 rings (SSSR count). The Morgan fingerprint density at radius 2 is 2.00 bits per heavy atom. The summed E-state index contributed by atoms with van der Waals surface area (Å²) < 4.78 is 39.4. The van der Waals surface area contributed by atoms with Gasteiger partial charge in [-0.2, -0.15) is 13.2 Å². The fourth-order valence-electron chi connectivity index (χ4n) is 1.57. The van der Waals surface area contributed by atoms with Crippen LogP contribution in [0.15, 0.2) is 50.9 Å². The first-order valence-corrected chi connectivity index (χ1v) is 7.13. The molecule has 0 aliphatic heterocycles. The van der Waals surface area contributed by atoms with Crippen LogP contribution in [0, 0.1) is 0 Å². The van der Waals surface area contributed by atoms with Crippen LogP contribution in [0.5, 0.6) is 0 Å². The standard InChI is InChI=1S/C13H7BrF3NO2S/c14-10-2-1-5-18-11(10)21-7-3-4-8(12(19)20)9(6-7)13(15,16)17/h1-6H,(H,19,20). The molecule has 0 bridgehead atoms. The van der Waals surface area contributed by atoms with E-state index < -0.39 is 23.3 Å². The number of halogens is 4. The van der Waals surface area contributed by atoms with Gasteiger partial charge in [0.1, 0.15) is 5.03 Å². The van der Waals surface area contributed by atoms with Crippen molar-refractivity contribution >= 4 is 33.7 Å². The zero-order valence-corrected chi connectivity index (χ0v) is 12.6. The zero-order valence-electron chi connectivity index (χ0n) is 10.2. The number of carbonyl (C=O) groups is 1. The number of hydrogen-bond donors (Lipinski definition) is 1. The molecule has 0 unspecified atom stereocenters. The van der Waals surface area contributed by atoms with Crippen molar-refractivity contribution in [3.8, 4) is 0 Å². The molecule has 1 aromatic heterocycles. The van der Waals surface area contributed by atoms with E-state index >= 15 is 0 Å². The van der Waals surface area contributed by atoms with Crippen LogP contribution >= 0.6 is 27.7 Å². The van der Waals surface area contributed by atoms with Crippen LogP contribution < -0.4 is 0 Å². The van der Waals surface area contributed by atoms with E-state index in [1.165, 1.54) is 12.3 Å². The average molecular weight is 378 g/mol. The summed E-state index contributed by atoms with van der Waals surface area (Å²) in [4.78, 5) is 15.2. The molecule has 0 fully saturated rings. The molecule has 1 heterocycles. The molecule has 1 N–H and O–H groups in total. The van der Waals surface area contributed by atoms with Crippen LogP contribution in [-0.2, 0) is 6.18 Å². The third-order valence-corrected chi connectivity index (χ3v) is 4.38. The van der Waals surface area contributed by atoms with E-state index in [9.17, 15) is 18.0 Å². The Labute approximate surface area is 130 Å². The van der Waals surface area contributed by atoms with Crippen LogP contribution in [0.3, 0.4) is 0 Å². The lowest BCUT2D eigenvalue weighted by molar-refractivity contribution is -0.138. The molecular weight excluding hydrogens is 371 g/mol. The number of nitrogens with zero attached hydrogens (tertiary/aromatic N) is 1. The average Bonchev–Trinajstić information content (AvgIpc) is 2.40. The Morgan fingerprint density at radius 1 is 1.29 bits per heavy atom. The summed E-state index contributed by atoms with van der Waals surface area (Å²) in [6.45, 7) is 0. The SMILES string of the molecule is O=C(O)c1ccc(Sc2ncccc2Br)cc1C(F)(F)F. The van der Waals surface area contributed by atoms with E-state index in [1.807, 2.05) is 0 Å². The molecule has 0 amide bonds. The molecule has 0 aliphatic carbocycles. The maximum absolute atomic E-state index is 12.9. The van der Waals surface area contributed by atoms with Gasteiger partial charge in [-0.1, -0.05) is 11.8 Å². The van der Waals surface area contributed by atoms with Gasteiger partial charge in [0.05, 0.1) is 15.6 Å². The number of alkyl halides is 3. The minimum atomic E-state index is -4.73. The number of carboxylic acids is 1. The lowest BCUT2D eigenvalue weighted by Crippen LogP contribution is -2.12. The fraction of sp³-hybridized carbons (Fsp3) is 0.0769. The lowest BCUT2D eigenvalue weighted by Gasteiger charge is -2.12. The van der Waals surface area contributed by atoms with E-state index in [0.717, 1.165) is 23.9 Å². The molecule has 0 atom stereocenters. The van der Waals surface area contributed by atoms with Crippen LogP contribution in [0.1, 0.15) is 15.9 Å². The first kappa shape index (κ1) is 15.8. The van der Waals surface area contributed by atoms with E-state index in [-0.39, 0.29) is 4.90 Å². The molecule has 0 radical (unpaired) electrons. The van der Waals surface area contributed by atoms with Crippen LogP contribution in [0.25, 0.3) is 0 Å². The van der Waals surface area contributed by atoms with Crippen molar-refractivity contribution in [2.24, 2.45) is 0 Å². The van der Waals surface area contributed by atoms with Crippen molar-refractivity contribution in [3.05, 3.63) is 52.1 Å². The second-order valence-corrected chi connectivity index (χ2v) is 5.82. The number of benzene rings is 1. The second kappa shape index (κ2) is 6.07. The predicted octanol–water partition coefficient (Wildman–Crippen LogP) is 4.71. The third-order valence-electron chi connectivity index (χ3n) is 2.47. The number of carboxylic acid groups (broad SMARTS) is 1. The largest absolute Gasteiger partial charge is 0.478 e. The smallest absolute Gasteiger partial charge is 0.417 e. The molecule has 1 aromatic carbocycles. The molecule has 3 nitrogen and oxygen atoms in total. The van der Waals surface area contributed by atoms with Crippen LogP contribution in [-0.4, -0.2) is 16.1 Å². The summed E-state index contributed by atoms with van der Waals surface area (Å²) in [7, 11) is 0. The van der Waals surface area contributed by atoms with Gasteiger partial charge in [0.2, 0.25) is 0 Å². The lowest BCUT2D eigenvalue weighted by atomic mass is 10.1. The number of pyridine rings is 1. The Hall–Kier alpha value is -1.54. The number of aromatic carboxylic acids is 1. The molecule has 0 aliphatic rings. The summed E-state index contributed by atoms with van der Waals surface area (Å²) >= 11 is 4.26. The minimum absolute atomic E-state index is 0.256. The highest BCUT2D eigenvalue weighted by atomic mass is 79.9. The molecule has 0 spiro atoms. The van der Waals surface area contributed by atoms with Crippen molar-refractivity contribution in [3.63, 3.8) is 0 Å². The van der Waals surface area contributed by atoms with Crippen molar-refractivity contribution < 1.29 is 23.1 Å². The first-order valence-electron chi connectivity index (χ1n) is 5.52. The molecule has 0 saturated carbocycles. The maximum atomic E-state index is 12.9. The summed E-state index contributed by atoms with van der Waals surface area (Å²) in [5, 5.41) is 9.32. The monoisotopic (exact) mass is 377 g/mol. The van der Waals surface area contributed by atoms with Gasteiger partial charge in [0, 0.05) is 11.1 Å². The fourth-order valence-corrected chi connectivity index (χ4v) is 2.88. The summed E-state index contributed by atoms with van der Waals surface area (Å²) in [5.74, 6) is -1.61. The zero-order chi connectivity index (χ0) is 15.6. The summed E-state index contributed by atoms with van der Waals surface area (Å²) in [5.41, 5.74) is -1.95. The van der Waals surface area contributed by atoms with Crippen molar-refractivity contribution in [2.45, 2.75) is 16.1 Å². The van der Waals surface area contributed by atoms with Crippen molar-refractivity contribution in [1.82, 2.24) is 4.98 Å². The molecular formula is C13H7BrF3NO2S. The van der Waals surface area contributed by atoms with Gasteiger partial charge < -0.3 is 5.11 Å². The maximum Gasteiger partial charge on any atom is 0.417 e. The molecule has 0 saturated heterocycles. The van der Waals surface area contributed by atoms with Gasteiger partial charge in [-0.15, -0.1) is 0 Å². The van der Waals surface area contributed by atoms with Crippen molar-refractivity contribution in [1.29, 1.82) is 0 Å². The van der Waals surface area contributed by atoms with Crippen molar-refractivity contribution in [2.75, 3.05) is 0 Å². The van der Waals surface area contributed by atoms with Crippen LogP contribution in [0.4, 0.5) is 13.2 Å². The van der Waals surface area contributed by atoms with Crippen LogP contribution in [0.2, 0.25) is 0 Å². The second-order valence-electron chi connectivity index (χ2n) is 3.90. The van der Waals surface area contributed by atoms with Gasteiger partial charge in [-0.05, 0) is 46.3 Å². The van der Waals surface area contributed by atoms with Gasteiger partial charge in [0.15, 0.2) is 0 Å². The highest BCUT2D eigenvalue weighted by molar-refractivity contribution is 9.10. The number of aromatic nitrogens is 1. The van der Waals surface area contributed by atoms with Gasteiger partial charge >= 0.3 is 12.1 Å². The van der Waals surface area contributed by atoms with E-state index in [1.54, 1.807) is 12.1 Å². The predicted molar refractivity (Wildman–Crippen MR) is 74.5 cm³/mol. The first-order chi connectivity index (χ1) is 9.79. The highest BCUT2D eigenvalue weighted by Crippen LogP contribution is 2.37. The number of rotatable bonds is 3. The van der Waals surface area contributed by atoms with Gasteiger partial charge in [-0.25, -0.2) is 9.78 Å². The molecule has 21 heavy (non-hydrogen) atoms. The van der Waals surface area contributed by atoms with E-state index in [2.05, 4.69) is 20.9 Å². The topological polar surface area (TPSA) is 50.2 Å². The molecule has 8 heteroatoms. The molecule has 110 valence electrons. The van der Waals surface area contributed by atoms with E-state index in [0.29, 0.717) is 9.50 Å². The van der Waals surface area contributed by atoms with Gasteiger partial charge in [0.25, 0.3) is 0 Å². The number of hydrogen-bond acceptors (Lipinski definition) is 3. The Morgan fingerprint density at radius 3 is 2.57 bits per heavy atom. The third kappa shape index (κ3) is 3.76. The van der Waals surface area contributed by atoms with Gasteiger partial charge in [-0.3, -0.25) is 0 Å². The quantitative estimate of drug-likeness (QED) is 0.841. The Kier molecular flexibility index (Phi) is 4.58. The van der Waals surface area contributed by atoms with E-state index in [4.69, 9.17) is 5.11 Å². The Bertz CT molecular complexity index is 691. The summed E-state index contributed by atoms with van der Waals surface area (Å²) in [6, 6.07) is 6.48. The normalized spacial score (nSPS) is 11.4. The highest BCUT2D eigenvalue weighted by Gasteiger charge is 2.35. The Balaban J connectivity index is 2.43.